The molecule has 0 amide bonds. The topological polar surface area (TPSA) is 24.1 Å². The second-order valence-corrected chi connectivity index (χ2v) is 4.35. The van der Waals surface area contributed by atoms with Crippen molar-refractivity contribution in [2.24, 2.45) is 0 Å². The minimum absolute atomic E-state index is 0.536. The number of nitrogens with one attached hydrogen (secondary N) is 2. The lowest BCUT2D eigenvalue weighted by Crippen LogP contribution is -2.51. The van der Waals surface area contributed by atoms with Gasteiger partial charge in [0.25, 0.3) is 0 Å². The number of anilines is 1. The van der Waals surface area contributed by atoms with E-state index >= 15 is 0 Å². The molecule has 2 rings (SSSR count). The van der Waals surface area contributed by atoms with E-state index in [0.717, 1.165) is 23.8 Å². The molecule has 0 radical (unpaired) electrons. The normalized spacial score (nSPS) is 16.5. The Morgan fingerprint density at radius 3 is 2.57 bits per heavy atom. The van der Waals surface area contributed by atoms with Crippen molar-refractivity contribution in [1.29, 1.82) is 0 Å². The Kier molecular flexibility index (Phi) is 2.66. The lowest BCUT2D eigenvalue weighted by Gasteiger charge is -2.30. The lowest BCUT2D eigenvalue weighted by atomic mass is 10.1. The van der Waals surface area contributed by atoms with Crippen LogP contribution in [0, 0.1) is 13.8 Å². The molecule has 1 aliphatic rings. The molecule has 14 heavy (non-hydrogen) atoms. The highest BCUT2D eigenvalue weighted by Gasteiger charge is 2.18. The van der Waals surface area contributed by atoms with E-state index in [1.165, 1.54) is 11.1 Å². The smallest absolute Gasteiger partial charge is 0.0642 e. The maximum Gasteiger partial charge on any atom is 0.0642 e. The summed E-state index contributed by atoms with van der Waals surface area (Å²) in [5.74, 6) is 0. The molecule has 1 aromatic carbocycles. The van der Waals surface area contributed by atoms with Gasteiger partial charge < -0.3 is 10.6 Å². The van der Waals surface area contributed by atoms with Gasteiger partial charge >= 0.3 is 0 Å². The van der Waals surface area contributed by atoms with Gasteiger partial charge in [-0.05, 0) is 31.0 Å². The summed E-state index contributed by atoms with van der Waals surface area (Å²) in [4.78, 5) is 0. The molecule has 0 atom stereocenters. The van der Waals surface area contributed by atoms with E-state index in [9.17, 15) is 0 Å². The van der Waals surface area contributed by atoms with Gasteiger partial charge in [-0.15, -0.1) is 0 Å². The molecule has 0 bridgehead atoms. The summed E-state index contributed by atoms with van der Waals surface area (Å²) in [6.07, 6.45) is 0. The Labute approximate surface area is 89.7 Å². The summed E-state index contributed by atoms with van der Waals surface area (Å²) < 4.78 is 0. The fraction of sp³-hybridized carbons (Fsp3) is 0.455. The maximum atomic E-state index is 6.18. The van der Waals surface area contributed by atoms with Crippen LogP contribution in [0.3, 0.4) is 0 Å². The quantitative estimate of drug-likeness (QED) is 0.783. The van der Waals surface area contributed by atoms with Gasteiger partial charge in [-0.25, -0.2) is 0 Å². The third kappa shape index (κ3) is 1.86. The number of halogens is 1. The monoisotopic (exact) mass is 210 g/mol. The van der Waals surface area contributed by atoms with Crippen LogP contribution in [-0.4, -0.2) is 19.1 Å². The summed E-state index contributed by atoms with van der Waals surface area (Å²) in [6, 6.07) is 4.69. The minimum Gasteiger partial charge on any atom is -0.378 e. The number of rotatable bonds is 2. The van der Waals surface area contributed by atoms with Crippen molar-refractivity contribution in [1.82, 2.24) is 5.32 Å². The molecule has 1 saturated heterocycles. The van der Waals surface area contributed by atoms with Crippen molar-refractivity contribution in [2.45, 2.75) is 19.9 Å². The predicted molar refractivity (Wildman–Crippen MR) is 61.2 cm³/mol. The van der Waals surface area contributed by atoms with E-state index in [1.54, 1.807) is 0 Å². The van der Waals surface area contributed by atoms with Gasteiger partial charge in [0.1, 0.15) is 0 Å². The van der Waals surface area contributed by atoms with E-state index in [1.807, 2.05) is 6.07 Å². The van der Waals surface area contributed by atoms with E-state index < -0.39 is 0 Å². The third-order valence-electron chi connectivity index (χ3n) is 2.56. The summed E-state index contributed by atoms with van der Waals surface area (Å²) in [6.45, 7) is 6.22. The van der Waals surface area contributed by atoms with E-state index in [-0.39, 0.29) is 0 Å². The first-order chi connectivity index (χ1) is 6.66. The Hall–Kier alpha value is -0.730. The maximum absolute atomic E-state index is 6.18. The SMILES string of the molecule is Cc1cc(C)c(NC2CNC2)c(Cl)c1. The highest BCUT2D eigenvalue weighted by atomic mass is 35.5. The molecule has 76 valence electrons. The van der Waals surface area contributed by atoms with Crippen molar-refractivity contribution in [3.8, 4) is 0 Å². The molecule has 0 aliphatic carbocycles. The van der Waals surface area contributed by atoms with Crippen molar-refractivity contribution >= 4 is 17.3 Å². The summed E-state index contributed by atoms with van der Waals surface area (Å²) in [5.41, 5.74) is 3.52. The number of hydrogen-bond donors (Lipinski definition) is 2. The van der Waals surface area contributed by atoms with Crippen LogP contribution >= 0.6 is 11.6 Å². The molecule has 0 spiro atoms. The standard InChI is InChI=1S/C11H15ClN2/c1-7-3-8(2)11(10(12)4-7)14-9-5-13-6-9/h3-4,9,13-14H,5-6H2,1-2H3. The molecule has 0 saturated carbocycles. The Morgan fingerprint density at radius 1 is 1.36 bits per heavy atom. The van der Waals surface area contributed by atoms with Crippen LogP contribution in [0.25, 0.3) is 0 Å². The van der Waals surface area contributed by atoms with Crippen LogP contribution < -0.4 is 10.6 Å². The van der Waals surface area contributed by atoms with Crippen molar-refractivity contribution in [3.05, 3.63) is 28.3 Å². The zero-order chi connectivity index (χ0) is 10.1. The van der Waals surface area contributed by atoms with Crippen molar-refractivity contribution in [3.63, 3.8) is 0 Å². The molecule has 0 aromatic heterocycles. The van der Waals surface area contributed by atoms with Gasteiger partial charge in [0.2, 0.25) is 0 Å². The van der Waals surface area contributed by atoms with Gasteiger partial charge in [0, 0.05) is 13.1 Å². The first kappa shape index (κ1) is 9.81. The molecule has 3 heteroatoms. The molecular weight excluding hydrogens is 196 g/mol. The fourth-order valence-electron chi connectivity index (χ4n) is 1.69. The van der Waals surface area contributed by atoms with E-state index in [0.29, 0.717) is 6.04 Å². The molecule has 1 aromatic rings. The first-order valence-corrected chi connectivity index (χ1v) is 5.28. The first-order valence-electron chi connectivity index (χ1n) is 4.91. The Morgan fingerprint density at radius 2 is 2.07 bits per heavy atom. The highest BCUT2D eigenvalue weighted by molar-refractivity contribution is 6.33. The van der Waals surface area contributed by atoms with Gasteiger partial charge in [-0.3, -0.25) is 0 Å². The molecule has 1 aliphatic heterocycles. The number of benzene rings is 1. The van der Waals surface area contributed by atoms with Gasteiger partial charge in [0.05, 0.1) is 16.8 Å². The largest absolute Gasteiger partial charge is 0.378 e. The molecule has 2 N–H and O–H groups in total. The molecule has 1 fully saturated rings. The van der Waals surface area contributed by atoms with Crippen LogP contribution in [0.1, 0.15) is 11.1 Å². The molecule has 0 unspecified atom stereocenters. The van der Waals surface area contributed by atoms with Gasteiger partial charge in [-0.2, -0.15) is 0 Å². The Balaban J connectivity index is 2.22. The van der Waals surface area contributed by atoms with Crippen LogP contribution in [0.4, 0.5) is 5.69 Å². The lowest BCUT2D eigenvalue weighted by molar-refractivity contribution is 0.472. The van der Waals surface area contributed by atoms with E-state index in [4.69, 9.17) is 11.6 Å². The average Bonchev–Trinajstić information content (AvgIpc) is 1.98. The van der Waals surface area contributed by atoms with Crippen LogP contribution in [-0.2, 0) is 0 Å². The minimum atomic E-state index is 0.536. The Bertz CT molecular complexity index is 322. The van der Waals surface area contributed by atoms with Gasteiger partial charge in [-0.1, -0.05) is 17.7 Å². The zero-order valence-corrected chi connectivity index (χ0v) is 9.28. The third-order valence-corrected chi connectivity index (χ3v) is 2.86. The number of aryl methyl sites for hydroxylation is 2. The van der Waals surface area contributed by atoms with E-state index in [2.05, 4.69) is 30.5 Å². The average molecular weight is 211 g/mol. The fourth-order valence-corrected chi connectivity index (χ4v) is 2.07. The number of hydrogen-bond acceptors (Lipinski definition) is 2. The van der Waals surface area contributed by atoms with Crippen LogP contribution in [0.15, 0.2) is 12.1 Å². The molecule has 2 nitrogen and oxygen atoms in total. The molecular formula is C11H15ClN2. The van der Waals surface area contributed by atoms with Gasteiger partial charge in [0.15, 0.2) is 0 Å². The second-order valence-electron chi connectivity index (χ2n) is 3.94. The predicted octanol–water partition coefficient (Wildman–Crippen LogP) is 2.34. The highest BCUT2D eigenvalue weighted by Crippen LogP contribution is 2.28. The second kappa shape index (κ2) is 3.79. The van der Waals surface area contributed by atoms with Crippen molar-refractivity contribution in [2.75, 3.05) is 18.4 Å². The van der Waals surface area contributed by atoms with Crippen molar-refractivity contribution < 1.29 is 0 Å². The summed E-state index contributed by atoms with van der Waals surface area (Å²) in [5, 5.41) is 7.50. The summed E-state index contributed by atoms with van der Waals surface area (Å²) in [7, 11) is 0. The van der Waals surface area contributed by atoms with Crippen LogP contribution in [0.2, 0.25) is 5.02 Å². The zero-order valence-electron chi connectivity index (χ0n) is 8.52. The summed E-state index contributed by atoms with van der Waals surface area (Å²) >= 11 is 6.18. The molecule has 1 heterocycles. The van der Waals surface area contributed by atoms with Crippen LogP contribution in [0.5, 0.6) is 0 Å².